The summed E-state index contributed by atoms with van der Waals surface area (Å²) < 4.78 is 0. The highest BCUT2D eigenvalue weighted by atomic mass is 35.5. The second-order valence-electron chi connectivity index (χ2n) is 7.59. The molecular formula is C24H31ClN2O2S. The van der Waals surface area contributed by atoms with Gasteiger partial charge in [0.05, 0.1) is 5.75 Å². The van der Waals surface area contributed by atoms with Gasteiger partial charge >= 0.3 is 0 Å². The Kier molecular flexibility index (Phi) is 9.73. The molecule has 2 aromatic carbocycles. The second-order valence-corrected chi connectivity index (χ2v) is 8.98. The molecule has 0 fully saturated rings. The van der Waals surface area contributed by atoms with Crippen molar-refractivity contribution < 1.29 is 9.59 Å². The number of nitrogens with zero attached hydrogens (tertiary/aromatic N) is 1. The van der Waals surface area contributed by atoms with E-state index < -0.39 is 6.04 Å². The molecule has 0 aliphatic rings. The van der Waals surface area contributed by atoms with Crippen molar-refractivity contribution in [2.75, 3.05) is 5.75 Å². The van der Waals surface area contributed by atoms with Crippen molar-refractivity contribution in [3.05, 3.63) is 70.2 Å². The van der Waals surface area contributed by atoms with Crippen molar-refractivity contribution in [3.63, 3.8) is 0 Å². The number of hydrogen-bond donors (Lipinski definition) is 1. The van der Waals surface area contributed by atoms with E-state index in [1.165, 1.54) is 11.8 Å². The van der Waals surface area contributed by atoms with Crippen LogP contribution in [0.1, 0.15) is 43.9 Å². The van der Waals surface area contributed by atoms with E-state index in [1.54, 1.807) is 11.8 Å². The van der Waals surface area contributed by atoms with E-state index in [0.29, 0.717) is 17.3 Å². The number of thioether (sulfide) groups is 1. The minimum Gasteiger partial charge on any atom is -0.352 e. The highest BCUT2D eigenvalue weighted by molar-refractivity contribution is 7.99. The van der Waals surface area contributed by atoms with E-state index in [4.69, 9.17) is 11.6 Å². The predicted octanol–water partition coefficient (Wildman–Crippen LogP) is 5.21. The fraction of sp³-hybridized carbons (Fsp3) is 0.417. The number of carbonyl (C=O) groups is 2. The summed E-state index contributed by atoms with van der Waals surface area (Å²) in [4.78, 5) is 27.5. The van der Waals surface area contributed by atoms with E-state index >= 15 is 0 Å². The zero-order valence-corrected chi connectivity index (χ0v) is 19.7. The number of halogens is 1. The molecule has 162 valence electrons. The van der Waals surface area contributed by atoms with Crippen LogP contribution in [0.15, 0.2) is 48.5 Å². The van der Waals surface area contributed by atoms with E-state index in [9.17, 15) is 9.59 Å². The molecule has 0 aliphatic heterocycles. The van der Waals surface area contributed by atoms with Crippen LogP contribution in [0.3, 0.4) is 0 Å². The maximum absolute atomic E-state index is 13.1. The summed E-state index contributed by atoms with van der Waals surface area (Å²) >= 11 is 7.73. The van der Waals surface area contributed by atoms with E-state index in [1.807, 2.05) is 63.2 Å². The molecule has 2 rings (SSSR count). The first-order chi connectivity index (χ1) is 14.3. The first kappa shape index (κ1) is 24.3. The molecule has 0 aromatic heterocycles. The highest BCUT2D eigenvalue weighted by Crippen LogP contribution is 2.22. The number of hydrogen-bond acceptors (Lipinski definition) is 3. The molecular weight excluding hydrogens is 416 g/mol. The third-order valence-corrected chi connectivity index (χ3v) is 6.38. The number of amides is 2. The number of rotatable bonds is 10. The van der Waals surface area contributed by atoms with Crippen LogP contribution in [0.2, 0.25) is 5.02 Å². The topological polar surface area (TPSA) is 49.4 Å². The van der Waals surface area contributed by atoms with Gasteiger partial charge in [0.1, 0.15) is 6.04 Å². The maximum Gasteiger partial charge on any atom is 0.242 e. The largest absolute Gasteiger partial charge is 0.352 e. The number of aryl methyl sites for hydroxylation is 1. The summed E-state index contributed by atoms with van der Waals surface area (Å²) in [7, 11) is 0. The lowest BCUT2D eigenvalue weighted by molar-refractivity contribution is -0.138. The number of nitrogens with one attached hydrogen (secondary N) is 1. The van der Waals surface area contributed by atoms with Gasteiger partial charge in [-0.25, -0.2) is 0 Å². The van der Waals surface area contributed by atoms with Gasteiger partial charge in [0, 0.05) is 23.4 Å². The Morgan fingerprint density at radius 1 is 1.13 bits per heavy atom. The molecule has 0 heterocycles. The third-order valence-electron chi connectivity index (χ3n) is 5.04. The molecule has 0 unspecified atom stereocenters. The molecule has 1 N–H and O–H groups in total. The van der Waals surface area contributed by atoms with Crippen LogP contribution < -0.4 is 5.32 Å². The van der Waals surface area contributed by atoms with Gasteiger partial charge in [-0.15, -0.1) is 11.8 Å². The summed E-state index contributed by atoms with van der Waals surface area (Å²) in [5.41, 5.74) is 3.15. The molecule has 0 bridgehead atoms. The van der Waals surface area contributed by atoms with Crippen LogP contribution >= 0.6 is 23.4 Å². The standard InChI is InChI=1S/C24H31ClN2O2S/c1-5-18(3)26-24(29)19(4)27(14-20-10-8-9-17(2)13-20)23(28)16-30-15-21-11-6-7-12-22(21)25/h6-13,18-19H,5,14-16H2,1-4H3,(H,26,29)/t18-,19+/m0/s1. The molecule has 0 spiro atoms. The van der Waals surface area contributed by atoms with Crippen LogP contribution in [0, 0.1) is 6.92 Å². The average Bonchev–Trinajstić information content (AvgIpc) is 2.72. The van der Waals surface area contributed by atoms with Gasteiger partial charge in [0.25, 0.3) is 0 Å². The Morgan fingerprint density at radius 3 is 2.53 bits per heavy atom. The van der Waals surface area contributed by atoms with Crippen LogP contribution in [0.4, 0.5) is 0 Å². The van der Waals surface area contributed by atoms with Crippen LogP contribution in [-0.2, 0) is 21.9 Å². The van der Waals surface area contributed by atoms with Gasteiger partial charge in [-0.3, -0.25) is 9.59 Å². The Balaban J connectivity index is 2.09. The molecule has 0 saturated carbocycles. The summed E-state index contributed by atoms with van der Waals surface area (Å²) in [6, 6.07) is 15.2. The van der Waals surface area contributed by atoms with Crippen LogP contribution in [0.25, 0.3) is 0 Å². The molecule has 2 atom stereocenters. The molecule has 6 heteroatoms. The van der Waals surface area contributed by atoms with Gasteiger partial charge < -0.3 is 10.2 Å². The van der Waals surface area contributed by atoms with Gasteiger partial charge in [0.15, 0.2) is 0 Å². The summed E-state index contributed by atoms with van der Waals surface area (Å²) in [5.74, 6) is 0.761. The highest BCUT2D eigenvalue weighted by Gasteiger charge is 2.26. The minimum absolute atomic E-state index is 0.0552. The van der Waals surface area contributed by atoms with Gasteiger partial charge in [-0.05, 0) is 44.4 Å². The smallest absolute Gasteiger partial charge is 0.242 e. The molecule has 0 saturated heterocycles. The van der Waals surface area contributed by atoms with Gasteiger partial charge in [-0.1, -0.05) is 66.6 Å². The number of carbonyl (C=O) groups excluding carboxylic acids is 2. The predicted molar refractivity (Wildman–Crippen MR) is 127 cm³/mol. The van der Waals surface area contributed by atoms with Crippen molar-refractivity contribution in [2.45, 2.75) is 58.5 Å². The van der Waals surface area contributed by atoms with E-state index in [2.05, 4.69) is 11.4 Å². The molecule has 2 aromatic rings. The lowest BCUT2D eigenvalue weighted by atomic mass is 10.1. The SMILES string of the molecule is CC[C@H](C)NC(=O)[C@@H](C)N(Cc1cccc(C)c1)C(=O)CSCc1ccccc1Cl. The lowest BCUT2D eigenvalue weighted by Gasteiger charge is -2.29. The Bertz CT molecular complexity index is 859. The lowest BCUT2D eigenvalue weighted by Crippen LogP contribution is -2.50. The monoisotopic (exact) mass is 446 g/mol. The fourth-order valence-corrected chi connectivity index (χ4v) is 4.20. The fourth-order valence-electron chi connectivity index (χ4n) is 3.00. The quantitative estimate of drug-likeness (QED) is 0.544. The second kappa shape index (κ2) is 12.0. The van der Waals surface area contributed by atoms with E-state index in [0.717, 1.165) is 23.1 Å². The average molecular weight is 447 g/mol. The van der Waals surface area contributed by atoms with E-state index in [-0.39, 0.29) is 23.6 Å². The van der Waals surface area contributed by atoms with Crippen molar-refractivity contribution in [1.82, 2.24) is 10.2 Å². The molecule has 0 aliphatic carbocycles. The van der Waals surface area contributed by atoms with Crippen molar-refractivity contribution >= 4 is 35.2 Å². The van der Waals surface area contributed by atoms with Crippen LogP contribution in [-0.4, -0.2) is 34.6 Å². The summed E-state index contributed by atoms with van der Waals surface area (Å²) in [6.45, 7) is 8.22. The van der Waals surface area contributed by atoms with Gasteiger partial charge in [0.2, 0.25) is 11.8 Å². The zero-order chi connectivity index (χ0) is 22.1. The first-order valence-corrected chi connectivity index (χ1v) is 11.8. The molecule has 4 nitrogen and oxygen atoms in total. The molecule has 2 amide bonds. The van der Waals surface area contributed by atoms with Gasteiger partial charge in [-0.2, -0.15) is 0 Å². The Morgan fingerprint density at radius 2 is 1.87 bits per heavy atom. The number of benzene rings is 2. The molecule has 0 radical (unpaired) electrons. The third kappa shape index (κ3) is 7.37. The van der Waals surface area contributed by atoms with Crippen LogP contribution in [0.5, 0.6) is 0 Å². The van der Waals surface area contributed by atoms with Crippen molar-refractivity contribution in [3.8, 4) is 0 Å². The summed E-state index contributed by atoms with van der Waals surface area (Å²) in [5, 5.41) is 3.70. The maximum atomic E-state index is 13.1. The minimum atomic E-state index is -0.548. The summed E-state index contributed by atoms with van der Waals surface area (Å²) in [6.07, 6.45) is 0.845. The Hall–Kier alpha value is -1.98. The van der Waals surface area contributed by atoms with Crippen molar-refractivity contribution in [2.24, 2.45) is 0 Å². The zero-order valence-electron chi connectivity index (χ0n) is 18.2. The molecule has 30 heavy (non-hydrogen) atoms. The van der Waals surface area contributed by atoms with Crippen molar-refractivity contribution in [1.29, 1.82) is 0 Å². The normalized spacial score (nSPS) is 12.8. The first-order valence-electron chi connectivity index (χ1n) is 10.3. The Labute approximate surface area is 189 Å².